The highest BCUT2D eigenvalue weighted by Crippen LogP contribution is 2.61. The van der Waals surface area contributed by atoms with Crippen molar-refractivity contribution in [2.24, 2.45) is 22.7 Å². The first-order valence-electron chi connectivity index (χ1n) is 14.1. The fraction of sp³-hybridized carbons (Fsp3) is 0.200. The maximum atomic E-state index is 13.2. The summed E-state index contributed by atoms with van der Waals surface area (Å²) >= 11 is 0. The zero-order valence-electron chi connectivity index (χ0n) is 25.2. The topological polar surface area (TPSA) is 187 Å². The van der Waals surface area contributed by atoms with Crippen LogP contribution < -0.4 is 12.3 Å². The van der Waals surface area contributed by atoms with Crippen LogP contribution in [-0.4, -0.2) is 25.9 Å². The lowest BCUT2D eigenvalue weighted by Gasteiger charge is -2.54. The third kappa shape index (κ3) is 6.30. The van der Waals surface area contributed by atoms with Gasteiger partial charge in [-0.25, -0.2) is 16.8 Å². The molecule has 0 saturated heterocycles. The lowest BCUT2D eigenvalue weighted by molar-refractivity contribution is 0.138. The van der Waals surface area contributed by atoms with Gasteiger partial charge in [-0.05, 0) is 53.7 Å². The number of rotatable bonds is 8. The Balaban J connectivity index is 0.00000230. The summed E-state index contributed by atoms with van der Waals surface area (Å²) in [6.07, 6.45) is 21.1. The van der Waals surface area contributed by atoms with Crippen LogP contribution in [0, 0.1) is 22.7 Å². The molecule has 4 aliphatic carbocycles. The summed E-state index contributed by atoms with van der Waals surface area (Å²) < 4.78 is 79.2. The largest absolute Gasteiger partial charge is 0.744 e. The van der Waals surface area contributed by atoms with Crippen molar-refractivity contribution >= 4 is 20.2 Å². The van der Waals surface area contributed by atoms with Crippen LogP contribution in [0.3, 0.4) is 0 Å². The average Bonchev–Trinajstić information content (AvgIpc) is 2.97. The predicted molar refractivity (Wildman–Crippen MR) is 177 cm³/mol. The van der Waals surface area contributed by atoms with Crippen molar-refractivity contribution in [2.45, 2.75) is 19.3 Å². The summed E-state index contributed by atoms with van der Waals surface area (Å²) in [6, 6.07) is 18.6. The van der Waals surface area contributed by atoms with Crippen molar-refractivity contribution in [1.82, 2.24) is 12.3 Å². The molecule has 236 valence electrons. The normalized spacial score (nSPS) is 26.6. The van der Waals surface area contributed by atoms with E-state index in [0.717, 1.165) is 22.3 Å². The van der Waals surface area contributed by atoms with Gasteiger partial charge in [-0.3, -0.25) is 0 Å². The van der Waals surface area contributed by atoms with Gasteiger partial charge in [-0.2, -0.15) is 0 Å². The highest BCUT2D eigenvalue weighted by atomic mass is 32.2. The molecule has 2 aromatic rings. The van der Waals surface area contributed by atoms with Crippen molar-refractivity contribution in [3.63, 3.8) is 0 Å². The molecule has 0 heterocycles. The Morgan fingerprint density at radius 1 is 0.556 bits per heavy atom. The van der Waals surface area contributed by atoms with Crippen LogP contribution in [0.1, 0.15) is 17.5 Å². The minimum Gasteiger partial charge on any atom is -0.744 e. The first kappa shape index (κ1) is 34.0. The van der Waals surface area contributed by atoms with Crippen LogP contribution in [0.5, 0.6) is 0 Å². The van der Waals surface area contributed by atoms with Gasteiger partial charge in [-0.1, -0.05) is 121 Å². The zero-order valence-corrected chi connectivity index (χ0v) is 26.9. The van der Waals surface area contributed by atoms with Crippen LogP contribution >= 0.6 is 0 Å². The quantitative estimate of drug-likeness (QED) is 0.296. The summed E-state index contributed by atoms with van der Waals surface area (Å²) in [6.45, 7) is 0. The smallest absolute Gasteiger partial charge is 0.121 e. The summed E-state index contributed by atoms with van der Waals surface area (Å²) in [7, 11) is -10.0. The predicted octanol–water partition coefficient (Wildman–Crippen LogP) is 6.81. The standard InChI is InChI=1S/C35H32O6S2.2H3N/c36-42(37,38)32-21-19-28-15-7-9-17-30(28)34(32,23-26-11-3-1-4-12-26)25-35(24-27-13-5-2-6-14-27)31-18-10-8-16-29(31)20-22-33(35)43(39,40)41;;/h1-22,30-31H,23-25H2,(H,36,37,38)(H,39,40,41);2*1H3. The molecule has 4 aliphatic rings. The van der Waals surface area contributed by atoms with Crippen LogP contribution in [-0.2, 0) is 33.1 Å². The second-order valence-corrected chi connectivity index (χ2v) is 14.3. The molecule has 0 saturated carbocycles. The summed E-state index contributed by atoms with van der Waals surface area (Å²) in [5, 5.41) is 0. The molecular formula is C35H38N2O6S2. The second kappa shape index (κ2) is 12.8. The van der Waals surface area contributed by atoms with Gasteiger partial charge in [0.05, 0.1) is 0 Å². The Kier molecular flexibility index (Phi) is 9.70. The van der Waals surface area contributed by atoms with Crippen molar-refractivity contribution in [1.29, 1.82) is 0 Å². The minimum atomic E-state index is -5.02. The van der Waals surface area contributed by atoms with E-state index in [1.807, 2.05) is 109 Å². The summed E-state index contributed by atoms with van der Waals surface area (Å²) in [5.74, 6) is -1.13. The molecule has 0 aromatic heterocycles. The van der Waals surface area contributed by atoms with E-state index in [-0.39, 0.29) is 41.4 Å². The van der Waals surface area contributed by atoms with E-state index in [4.69, 9.17) is 0 Å². The molecule has 2 aromatic carbocycles. The molecule has 0 amide bonds. The monoisotopic (exact) mass is 646 g/mol. The SMILES string of the molecule is O=S(=O)([O-])C1=CC=C2C=CC=CC2C1(Cc1ccccc1)CC1(Cc2ccccc2)C(S(=O)(=O)[O-])=CC=C2C=CC=CC21.[NH4+].[NH4+]. The van der Waals surface area contributed by atoms with Gasteiger partial charge < -0.3 is 21.4 Å². The van der Waals surface area contributed by atoms with Crippen LogP contribution in [0.25, 0.3) is 0 Å². The molecule has 0 radical (unpaired) electrons. The first-order chi connectivity index (χ1) is 20.5. The molecule has 8 nitrogen and oxygen atoms in total. The van der Waals surface area contributed by atoms with E-state index in [1.165, 1.54) is 12.2 Å². The van der Waals surface area contributed by atoms with Gasteiger partial charge in [0.1, 0.15) is 20.2 Å². The summed E-state index contributed by atoms with van der Waals surface area (Å²) in [4.78, 5) is -0.613. The Bertz CT molecular complexity index is 1760. The molecule has 8 N–H and O–H groups in total. The fourth-order valence-electron chi connectivity index (χ4n) is 7.48. The van der Waals surface area contributed by atoms with Crippen LogP contribution in [0.4, 0.5) is 0 Å². The molecule has 10 heteroatoms. The number of benzene rings is 2. The molecule has 45 heavy (non-hydrogen) atoms. The summed E-state index contributed by atoms with van der Waals surface area (Å²) in [5.41, 5.74) is 0.366. The van der Waals surface area contributed by atoms with Crippen LogP contribution in [0.15, 0.2) is 155 Å². The maximum absolute atomic E-state index is 13.2. The molecule has 0 spiro atoms. The number of hydrogen-bond donors (Lipinski definition) is 2. The van der Waals surface area contributed by atoms with Crippen molar-refractivity contribution in [2.75, 3.05) is 0 Å². The van der Waals surface area contributed by atoms with Crippen LogP contribution in [0.2, 0.25) is 0 Å². The Morgan fingerprint density at radius 3 is 1.29 bits per heavy atom. The van der Waals surface area contributed by atoms with E-state index in [1.54, 1.807) is 12.2 Å². The first-order valence-corrected chi connectivity index (χ1v) is 16.9. The van der Waals surface area contributed by atoms with Crippen molar-refractivity contribution in [3.05, 3.63) is 166 Å². The van der Waals surface area contributed by atoms with Gasteiger partial charge in [0.25, 0.3) is 0 Å². The molecule has 6 rings (SSSR count). The van der Waals surface area contributed by atoms with Gasteiger partial charge in [-0.15, -0.1) is 0 Å². The van der Waals surface area contributed by atoms with Gasteiger partial charge >= 0.3 is 0 Å². The molecular weight excluding hydrogens is 609 g/mol. The third-order valence-electron chi connectivity index (χ3n) is 9.05. The van der Waals surface area contributed by atoms with E-state index in [9.17, 15) is 25.9 Å². The highest BCUT2D eigenvalue weighted by molar-refractivity contribution is 7.90. The number of hydrogen-bond acceptors (Lipinski definition) is 6. The molecule has 4 atom stereocenters. The fourth-order valence-corrected chi connectivity index (χ4v) is 9.49. The number of quaternary nitrogens is 2. The highest BCUT2D eigenvalue weighted by Gasteiger charge is 2.56. The zero-order chi connectivity index (χ0) is 30.3. The van der Waals surface area contributed by atoms with E-state index < -0.39 is 42.9 Å². The Morgan fingerprint density at radius 2 is 0.933 bits per heavy atom. The lowest BCUT2D eigenvalue weighted by Crippen LogP contribution is -2.49. The third-order valence-corrected chi connectivity index (χ3v) is 11.2. The van der Waals surface area contributed by atoms with Gasteiger partial charge in [0.2, 0.25) is 0 Å². The molecule has 4 unspecified atom stereocenters. The molecule has 0 fully saturated rings. The maximum Gasteiger partial charge on any atom is 0.121 e. The Hall–Kier alpha value is -3.90. The number of fused-ring (bicyclic) bond motifs is 2. The van der Waals surface area contributed by atoms with Crippen molar-refractivity contribution in [3.8, 4) is 0 Å². The van der Waals surface area contributed by atoms with Gasteiger partial charge in [0.15, 0.2) is 0 Å². The lowest BCUT2D eigenvalue weighted by atomic mass is 9.52. The van der Waals surface area contributed by atoms with E-state index >= 15 is 0 Å². The van der Waals surface area contributed by atoms with Crippen molar-refractivity contribution < 1.29 is 25.9 Å². The molecule has 0 aliphatic heterocycles. The molecule has 0 bridgehead atoms. The minimum absolute atomic E-state index is 0. The van der Waals surface area contributed by atoms with E-state index in [0.29, 0.717) is 0 Å². The van der Waals surface area contributed by atoms with E-state index in [2.05, 4.69) is 0 Å². The average molecular weight is 647 g/mol. The number of allylic oxidation sites excluding steroid dienone is 16. The Labute approximate surface area is 265 Å². The van der Waals surface area contributed by atoms with Gasteiger partial charge in [0, 0.05) is 32.5 Å². The second-order valence-electron chi connectivity index (χ2n) is 11.6.